The molecule has 0 fully saturated rings. The molecule has 0 saturated carbocycles. The van der Waals surface area contributed by atoms with Crippen molar-refractivity contribution in [3.63, 3.8) is 0 Å². The lowest BCUT2D eigenvalue weighted by molar-refractivity contribution is 0.688. The van der Waals surface area contributed by atoms with Gasteiger partial charge in [0.25, 0.3) is 0 Å². The zero-order chi connectivity index (χ0) is 7.68. The predicted octanol–water partition coefficient (Wildman–Crippen LogP) is 1.68. The summed E-state index contributed by atoms with van der Waals surface area (Å²) in [7, 11) is 0. The second-order valence-electron chi connectivity index (χ2n) is 3.17. The largest absolute Gasteiger partial charge is 0.330 e. The molecule has 0 saturated heterocycles. The summed E-state index contributed by atoms with van der Waals surface area (Å²) in [6, 6.07) is 8.63. The van der Waals surface area contributed by atoms with E-state index >= 15 is 0 Å². The first-order valence-corrected chi connectivity index (χ1v) is 4.19. The number of fused-ring (bicyclic) bond motifs is 1. The van der Waals surface area contributed by atoms with Crippen molar-refractivity contribution in [3.05, 3.63) is 35.4 Å². The minimum Gasteiger partial charge on any atom is -0.330 e. The zero-order valence-corrected chi connectivity index (χ0v) is 6.59. The molecule has 0 radical (unpaired) electrons. The third-order valence-electron chi connectivity index (χ3n) is 2.54. The van der Waals surface area contributed by atoms with Crippen LogP contribution in [0.4, 0.5) is 0 Å². The summed E-state index contributed by atoms with van der Waals surface area (Å²) < 4.78 is 0. The van der Waals surface area contributed by atoms with E-state index in [2.05, 4.69) is 24.3 Å². The summed E-state index contributed by atoms with van der Waals surface area (Å²) in [6.45, 7) is 0.803. The molecule has 1 aromatic carbocycles. The van der Waals surface area contributed by atoms with Crippen LogP contribution in [0.25, 0.3) is 0 Å². The van der Waals surface area contributed by atoms with Crippen LogP contribution in [0.1, 0.15) is 23.5 Å². The summed E-state index contributed by atoms with van der Waals surface area (Å²) in [6.07, 6.45) is 2.47. The fourth-order valence-corrected chi connectivity index (χ4v) is 1.89. The SMILES string of the molecule is NC[C@H]1CCc2ccccc21. The first kappa shape index (κ1) is 6.86. The first-order chi connectivity index (χ1) is 5.42. The third kappa shape index (κ3) is 1.05. The second kappa shape index (κ2) is 2.67. The van der Waals surface area contributed by atoms with E-state index in [0.29, 0.717) is 5.92 Å². The van der Waals surface area contributed by atoms with Gasteiger partial charge < -0.3 is 5.73 Å². The van der Waals surface area contributed by atoms with E-state index in [1.165, 1.54) is 24.0 Å². The lowest BCUT2D eigenvalue weighted by atomic mass is 10.0. The predicted molar refractivity (Wildman–Crippen MR) is 46.6 cm³/mol. The van der Waals surface area contributed by atoms with E-state index < -0.39 is 0 Å². The molecular formula is C10H13N. The van der Waals surface area contributed by atoms with Crippen LogP contribution in [0.3, 0.4) is 0 Å². The first-order valence-electron chi connectivity index (χ1n) is 4.19. The molecule has 1 aliphatic carbocycles. The van der Waals surface area contributed by atoms with Gasteiger partial charge in [-0.25, -0.2) is 0 Å². The number of benzene rings is 1. The maximum Gasteiger partial charge on any atom is -0.000802 e. The van der Waals surface area contributed by atoms with Crippen LogP contribution in [0, 0.1) is 0 Å². The number of aryl methyl sites for hydroxylation is 1. The molecule has 0 spiro atoms. The Morgan fingerprint density at radius 3 is 3.00 bits per heavy atom. The normalized spacial score (nSPS) is 21.7. The molecule has 58 valence electrons. The van der Waals surface area contributed by atoms with Crippen molar-refractivity contribution in [2.75, 3.05) is 6.54 Å². The lowest BCUT2D eigenvalue weighted by Crippen LogP contribution is -2.08. The van der Waals surface area contributed by atoms with E-state index in [-0.39, 0.29) is 0 Å². The Morgan fingerprint density at radius 1 is 1.36 bits per heavy atom. The standard InChI is InChI=1S/C10H13N/c11-7-9-6-5-8-3-1-2-4-10(8)9/h1-4,9H,5-7,11H2/t9-/m1/s1. The molecule has 0 aliphatic heterocycles. The molecule has 0 bridgehead atoms. The second-order valence-corrected chi connectivity index (χ2v) is 3.17. The van der Waals surface area contributed by atoms with Crippen molar-refractivity contribution in [2.24, 2.45) is 5.73 Å². The summed E-state index contributed by atoms with van der Waals surface area (Å²) >= 11 is 0. The van der Waals surface area contributed by atoms with Gasteiger partial charge in [0.15, 0.2) is 0 Å². The molecule has 1 aromatic rings. The van der Waals surface area contributed by atoms with Crippen molar-refractivity contribution in [2.45, 2.75) is 18.8 Å². The fourth-order valence-electron chi connectivity index (χ4n) is 1.89. The number of nitrogens with two attached hydrogens (primary N) is 1. The van der Waals surface area contributed by atoms with Gasteiger partial charge in [-0.1, -0.05) is 24.3 Å². The van der Waals surface area contributed by atoms with Crippen molar-refractivity contribution in [1.82, 2.24) is 0 Å². The van der Waals surface area contributed by atoms with Gasteiger partial charge in [0.1, 0.15) is 0 Å². The van der Waals surface area contributed by atoms with Gasteiger partial charge in [0.2, 0.25) is 0 Å². The Hall–Kier alpha value is -0.820. The smallest absolute Gasteiger partial charge is 0.000802 e. The number of rotatable bonds is 1. The minimum absolute atomic E-state index is 0.631. The Kier molecular flexibility index (Phi) is 1.66. The highest BCUT2D eigenvalue weighted by Gasteiger charge is 2.19. The van der Waals surface area contributed by atoms with Gasteiger partial charge in [-0.3, -0.25) is 0 Å². The van der Waals surface area contributed by atoms with Crippen LogP contribution in [-0.4, -0.2) is 6.54 Å². The van der Waals surface area contributed by atoms with Crippen molar-refractivity contribution < 1.29 is 0 Å². The van der Waals surface area contributed by atoms with Crippen LogP contribution >= 0.6 is 0 Å². The topological polar surface area (TPSA) is 26.0 Å². The average Bonchev–Trinajstić information content (AvgIpc) is 2.47. The third-order valence-corrected chi connectivity index (χ3v) is 2.54. The van der Waals surface area contributed by atoms with Crippen LogP contribution in [-0.2, 0) is 6.42 Å². The Morgan fingerprint density at radius 2 is 2.18 bits per heavy atom. The lowest BCUT2D eigenvalue weighted by Gasteiger charge is -2.06. The highest BCUT2D eigenvalue weighted by molar-refractivity contribution is 5.34. The molecular weight excluding hydrogens is 134 g/mol. The van der Waals surface area contributed by atoms with Gasteiger partial charge in [-0.05, 0) is 36.4 Å². The van der Waals surface area contributed by atoms with Crippen LogP contribution in [0.5, 0.6) is 0 Å². The number of hydrogen-bond acceptors (Lipinski definition) is 1. The highest BCUT2D eigenvalue weighted by Crippen LogP contribution is 2.31. The van der Waals surface area contributed by atoms with E-state index in [0.717, 1.165) is 6.54 Å². The fraction of sp³-hybridized carbons (Fsp3) is 0.400. The van der Waals surface area contributed by atoms with Crippen molar-refractivity contribution >= 4 is 0 Å². The molecule has 0 heterocycles. The summed E-state index contributed by atoms with van der Waals surface area (Å²) in [5, 5.41) is 0. The van der Waals surface area contributed by atoms with E-state index in [1.807, 2.05) is 0 Å². The van der Waals surface area contributed by atoms with E-state index in [9.17, 15) is 0 Å². The summed E-state index contributed by atoms with van der Waals surface area (Å²) in [4.78, 5) is 0. The molecule has 0 amide bonds. The number of hydrogen-bond donors (Lipinski definition) is 1. The van der Waals surface area contributed by atoms with E-state index in [1.54, 1.807) is 0 Å². The van der Waals surface area contributed by atoms with Gasteiger partial charge >= 0.3 is 0 Å². The van der Waals surface area contributed by atoms with E-state index in [4.69, 9.17) is 5.73 Å². The Labute approximate surface area is 67.2 Å². The quantitative estimate of drug-likeness (QED) is 0.642. The molecule has 2 rings (SSSR count). The monoisotopic (exact) mass is 147 g/mol. The molecule has 1 atom stereocenters. The maximum absolute atomic E-state index is 5.65. The zero-order valence-electron chi connectivity index (χ0n) is 6.59. The van der Waals surface area contributed by atoms with Crippen LogP contribution in [0.2, 0.25) is 0 Å². The van der Waals surface area contributed by atoms with Crippen LogP contribution in [0.15, 0.2) is 24.3 Å². The molecule has 0 unspecified atom stereocenters. The van der Waals surface area contributed by atoms with Crippen molar-refractivity contribution in [1.29, 1.82) is 0 Å². The Balaban J connectivity index is 2.39. The van der Waals surface area contributed by atoms with Crippen LogP contribution < -0.4 is 5.73 Å². The molecule has 1 aliphatic rings. The van der Waals surface area contributed by atoms with Gasteiger partial charge in [-0.2, -0.15) is 0 Å². The molecule has 1 heteroatoms. The molecule has 1 nitrogen and oxygen atoms in total. The Bertz CT molecular complexity index is 255. The minimum atomic E-state index is 0.631. The molecule has 2 N–H and O–H groups in total. The van der Waals surface area contributed by atoms with Gasteiger partial charge in [0, 0.05) is 0 Å². The average molecular weight is 147 g/mol. The summed E-state index contributed by atoms with van der Waals surface area (Å²) in [5.74, 6) is 0.631. The maximum atomic E-state index is 5.65. The van der Waals surface area contributed by atoms with Gasteiger partial charge in [0.05, 0.1) is 0 Å². The van der Waals surface area contributed by atoms with Crippen molar-refractivity contribution in [3.8, 4) is 0 Å². The molecule has 11 heavy (non-hydrogen) atoms. The molecule has 0 aromatic heterocycles. The van der Waals surface area contributed by atoms with Gasteiger partial charge in [-0.15, -0.1) is 0 Å². The summed E-state index contributed by atoms with van der Waals surface area (Å²) in [5.41, 5.74) is 8.63. The highest BCUT2D eigenvalue weighted by atomic mass is 14.6.